The molecule has 0 atom stereocenters. The number of rotatable bonds is 3. The van der Waals surface area contributed by atoms with Gasteiger partial charge in [-0.3, -0.25) is 14.7 Å². The lowest BCUT2D eigenvalue weighted by atomic mass is 9.86. The summed E-state index contributed by atoms with van der Waals surface area (Å²) >= 11 is 0. The fraction of sp³-hybridized carbons (Fsp3) is 0.538. The van der Waals surface area contributed by atoms with Crippen molar-refractivity contribution < 1.29 is 9.90 Å². The Kier molecular flexibility index (Phi) is 3.63. The van der Waals surface area contributed by atoms with Crippen LogP contribution in [-0.4, -0.2) is 40.5 Å². The topological polar surface area (TPSA) is 79.5 Å². The Morgan fingerprint density at radius 1 is 1.56 bits per heavy atom. The molecule has 1 aliphatic heterocycles. The van der Waals surface area contributed by atoms with Gasteiger partial charge in [0.15, 0.2) is 0 Å². The molecule has 2 heterocycles. The number of aromatic nitrogens is 1. The van der Waals surface area contributed by atoms with Gasteiger partial charge in [0.2, 0.25) is 5.91 Å². The quantitative estimate of drug-likeness (QED) is 0.799. The van der Waals surface area contributed by atoms with Crippen molar-refractivity contribution in [2.45, 2.75) is 25.4 Å². The molecular formula is C13H19N3O2. The van der Waals surface area contributed by atoms with Gasteiger partial charge >= 0.3 is 0 Å². The van der Waals surface area contributed by atoms with Crippen LogP contribution >= 0.6 is 0 Å². The van der Waals surface area contributed by atoms with Crippen LogP contribution in [0.15, 0.2) is 18.3 Å². The Bertz CT molecular complexity index is 440. The molecule has 1 aromatic heterocycles. The third kappa shape index (κ3) is 2.68. The van der Waals surface area contributed by atoms with Gasteiger partial charge in [0.1, 0.15) is 5.60 Å². The molecule has 1 aromatic rings. The summed E-state index contributed by atoms with van der Waals surface area (Å²) in [6, 6.07) is 3.82. The number of likely N-dealkylation sites (tertiary alicyclic amines) is 1. The molecule has 0 unspecified atom stereocenters. The van der Waals surface area contributed by atoms with Crippen molar-refractivity contribution in [3.05, 3.63) is 29.6 Å². The molecule has 1 saturated heterocycles. The van der Waals surface area contributed by atoms with Crippen molar-refractivity contribution >= 4 is 5.91 Å². The lowest BCUT2D eigenvalue weighted by Gasteiger charge is -2.37. The number of hydrogen-bond donors (Lipinski definition) is 2. The number of primary amides is 1. The Balaban J connectivity index is 2.08. The zero-order chi connectivity index (χ0) is 13.2. The molecule has 0 bridgehead atoms. The number of pyridine rings is 1. The molecule has 0 radical (unpaired) electrons. The molecular weight excluding hydrogens is 230 g/mol. The van der Waals surface area contributed by atoms with E-state index in [0.717, 1.165) is 11.3 Å². The van der Waals surface area contributed by atoms with Crippen molar-refractivity contribution in [1.82, 2.24) is 9.88 Å². The summed E-state index contributed by atoms with van der Waals surface area (Å²) in [5.74, 6) is -0.325. The standard InChI is InChI=1S/C13H19N3O2/c1-10-3-2-6-15-12(10)13(18)4-7-16(8-5-13)9-11(14)17/h2-3,6,18H,4-5,7-9H2,1H3,(H2,14,17). The number of nitrogens with zero attached hydrogens (tertiary/aromatic N) is 2. The number of amides is 1. The van der Waals surface area contributed by atoms with E-state index in [2.05, 4.69) is 4.98 Å². The number of carbonyl (C=O) groups excluding carboxylic acids is 1. The van der Waals surface area contributed by atoms with Crippen molar-refractivity contribution in [2.75, 3.05) is 19.6 Å². The largest absolute Gasteiger partial charge is 0.383 e. The highest BCUT2D eigenvalue weighted by atomic mass is 16.3. The predicted molar refractivity (Wildman–Crippen MR) is 67.7 cm³/mol. The highest BCUT2D eigenvalue weighted by Gasteiger charge is 2.36. The first-order chi connectivity index (χ1) is 8.51. The van der Waals surface area contributed by atoms with Crippen LogP contribution in [0, 0.1) is 6.92 Å². The molecule has 1 fully saturated rings. The fourth-order valence-electron chi connectivity index (χ4n) is 2.51. The first-order valence-electron chi connectivity index (χ1n) is 6.16. The van der Waals surface area contributed by atoms with E-state index >= 15 is 0 Å². The Morgan fingerprint density at radius 2 is 2.22 bits per heavy atom. The van der Waals surface area contributed by atoms with E-state index in [1.165, 1.54) is 0 Å². The summed E-state index contributed by atoms with van der Waals surface area (Å²) in [5.41, 5.74) is 6.05. The van der Waals surface area contributed by atoms with Crippen LogP contribution in [0.1, 0.15) is 24.1 Å². The molecule has 0 saturated carbocycles. The summed E-state index contributed by atoms with van der Waals surface area (Å²) in [4.78, 5) is 17.1. The third-order valence-electron chi connectivity index (χ3n) is 3.51. The highest BCUT2D eigenvalue weighted by Crippen LogP contribution is 2.32. The number of nitrogens with two attached hydrogens (primary N) is 1. The maximum Gasteiger partial charge on any atom is 0.231 e. The molecule has 0 aliphatic carbocycles. The second kappa shape index (κ2) is 5.04. The van der Waals surface area contributed by atoms with Crippen LogP contribution in [0.2, 0.25) is 0 Å². The zero-order valence-corrected chi connectivity index (χ0v) is 10.6. The van der Waals surface area contributed by atoms with E-state index in [4.69, 9.17) is 5.73 Å². The van der Waals surface area contributed by atoms with Crippen molar-refractivity contribution in [2.24, 2.45) is 5.73 Å². The van der Waals surface area contributed by atoms with Gasteiger partial charge in [0, 0.05) is 19.3 Å². The summed E-state index contributed by atoms with van der Waals surface area (Å²) in [6.07, 6.45) is 2.87. The molecule has 0 spiro atoms. The first-order valence-corrected chi connectivity index (χ1v) is 6.16. The van der Waals surface area contributed by atoms with Gasteiger partial charge in [0.25, 0.3) is 0 Å². The second-order valence-corrected chi connectivity index (χ2v) is 4.94. The molecule has 98 valence electrons. The number of hydrogen-bond acceptors (Lipinski definition) is 4. The van der Waals surface area contributed by atoms with Gasteiger partial charge in [-0.1, -0.05) is 6.07 Å². The van der Waals surface area contributed by atoms with Crippen molar-refractivity contribution in [1.29, 1.82) is 0 Å². The smallest absolute Gasteiger partial charge is 0.231 e. The molecule has 1 amide bonds. The molecule has 1 aliphatic rings. The SMILES string of the molecule is Cc1cccnc1C1(O)CCN(CC(N)=O)CC1. The number of aliphatic hydroxyl groups is 1. The van der Waals surface area contributed by atoms with Gasteiger partial charge in [-0.25, -0.2) is 0 Å². The maximum atomic E-state index is 10.9. The van der Waals surface area contributed by atoms with E-state index in [1.807, 2.05) is 24.0 Å². The molecule has 18 heavy (non-hydrogen) atoms. The van der Waals surface area contributed by atoms with E-state index < -0.39 is 5.60 Å². The van der Waals surface area contributed by atoms with Crippen LogP contribution in [0.3, 0.4) is 0 Å². The zero-order valence-electron chi connectivity index (χ0n) is 10.6. The minimum absolute atomic E-state index is 0.261. The Morgan fingerprint density at radius 3 is 2.78 bits per heavy atom. The predicted octanol–water partition coefficient (Wildman–Crippen LogP) is 0.159. The lowest BCUT2D eigenvalue weighted by Crippen LogP contribution is -2.46. The lowest BCUT2D eigenvalue weighted by molar-refractivity contribution is -0.120. The fourth-order valence-corrected chi connectivity index (χ4v) is 2.51. The maximum absolute atomic E-state index is 10.9. The summed E-state index contributed by atoms with van der Waals surface area (Å²) < 4.78 is 0. The molecule has 5 heteroatoms. The molecule has 3 N–H and O–H groups in total. The van der Waals surface area contributed by atoms with E-state index in [0.29, 0.717) is 25.9 Å². The van der Waals surface area contributed by atoms with Gasteiger partial charge in [-0.05, 0) is 31.4 Å². The van der Waals surface area contributed by atoms with E-state index in [9.17, 15) is 9.90 Å². The Labute approximate surface area is 107 Å². The van der Waals surface area contributed by atoms with Gasteiger partial charge in [0.05, 0.1) is 12.2 Å². The van der Waals surface area contributed by atoms with E-state index in [1.54, 1.807) is 6.20 Å². The van der Waals surface area contributed by atoms with Crippen LogP contribution in [0.5, 0.6) is 0 Å². The number of piperidine rings is 1. The molecule has 0 aromatic carbocycles. The first kappa shape index (κ1) is 13.0. The van der Waals surface area contributed by atoms with Crippen LogP contribution in [-0.2, 0) is 10.4 Å². The molecule has 5 nitrogen and oxygen atoms in total. The third-order valence-corrected chi connectivity index (χ3v) is 3.51. The van der Waals surface area contributed by atoms with Gasteiger partial charge in [-0.2, -0.15) is 0 Å². The highest BCUT2D eigenvalue weighted by molar-refractivity contribution is 5.75. The summed E-state index contributed by atoms with van der Waals surface area (Å²) in [6.45, 7) is 3.54. The summed E-state index contributed by atoms with van der Waals surface area (Å²) in [5, 5.41) is 10.7. The van der Waals surface area contributed by atoms with Gasteiger partial charge < -0.3 is 10.8 Å². The minimum atomic E-state index is -0.876. The second-order valence-electron chi connectivity index (χ2n) is 4.94. The minimum Gasteiger partial charge on any atom is -0.383 e. The average Bonchev–Trinajstić information content (AvgIpc) is 2.32. The monoisotopic (exact) mass is 249 g/mol. The Hall–Kier alpha value is -1.46. The van der Waals surface area contributed by atoms with E-state index in [-0.39, 0.29) is 12.5 Å². The van der Waals surface area contributed by atoms with Crippen LogP contribution in [0.4, 0.5) is 0 Å². The summed E-state index contributed by atoms with van der Waals surface area (Å²) in [7, 11) is 0. The van der Waals surface area contributed by atoms with Gasteiger partial charge in [-0.15, -0.1) is 0 Å². The van der Waals surface area contributed by atoms with Crippen molar-refractivity contribution in [3.63, 3.8) is 0 Å². The van der Waals surface area contributed by atoms with Crippen LogP contribution < -0.4 is 5.73 Å². The number of aryl methyl sites for hydroxylation is 1. The normalized spacial score (nSPS) is 19.7. The molecule has 2 rings (SSSR count). The number of carbonyl (C=O) groups is 1. The van der Waals surface area contributed by atoms with Crippen molar-refractivity contribution in [3.8, 4) is 0 Å². The van der Waals surface area contributed by atoms with Crippen LogP contribution in [0.25, 0.3) is 0 Å². The average molecular weight is 249 g/mol.